The minimum Gasteiger partial charge on any atom is -0.495 e. The second kappa shape index (κ2) is 10.2. The van der Waals surface area contributed by atoms with Crippen molar-refractivity contribution in [1.29, 1.82) is 0 Å². The van der Waals surface area contributed by atoms with Crippen LogP contribution >= 0.6 is 0 Å². The monoisotopic (exact) mass is 537 g/mol. The van der Waals surface area contributed by atoms with Crippen molar-refractivity contribution in [3.63, 3.8) is 0 Å². The van der Waals surface area contributed by atoms with Crippen LogP contribution in [-0.2, 0) is 4.79 Å². The second-order valence-electron chi connectivity index (χ2n) is 8.44. The van der Waals surface area contributed by atoms with Crippen LogP contribution in [0.3, 0.4) is 0 Å². The van der Waals surface area contributed by atoms with Crippen molar-refractivity contribution in [3.05, 3.63) is 82.8 Å². The molecule has 1 aliphatic heterocycles. The molecule has 1 amide bonds. The number of alkyl halides is 3. The topological polar surface area (TPSA) is 71.8 Å². The molecule has 13 heteroatoms. The highest BCUT2D eigenvalue weighted by Gasteiger charge is 2.38. The van der Waals surface area contributed by atoms with Gasteiger partial charge >= 0.3 is 6.18 Å². The van der Waals surface area contributed by atoms with Gasteiger partial charge in [0.25, 0.3) is 5.91 Å². The summed E-state index contributed by atoms with van der Waals surface area (Å²) in [7, 11) is 1.45. The minimum atomic E-state index is -4.68. The van der Waals surface area contributed by atoms with Crippen LogP contribution in [0.2, 0.25) is 0 Å². The molecule has 2 aromatic carbocycles. The lowest BCUT2D eigenvalue weighted by atomic mass is 10.1. The predicted octanol–water partition coefficient (Wildman–Crippen LogP) is 5.06. The molecule has 0 bridgehead atoms. The molecule has 2 heterocycles. The van der Waals surface area contributed by atoms with Crippen molar-refractivity contribution in [2.45, 2.75) is 26.1 Å². The van der Waals surface area contributed by atoms with Gasteiger partial charge in [0.2, 0.25) is 5.96 Å². The number of carbonyl (C=O) groups excluding carboxylic acids is 1. The van der Waals surface area contributed by atoms with E-state index in [1.54, 1.807) is 35.3 Å². The Morgan fingerprint density at radius 3 is 2.42 bits per heavy atom. The molecule has 1 atom stereocenters. The highest BCUT2D eigenvalue weighted by Crippen LogP contribution is 2.30. The first-order valence-corrected chi connectivity index (χ1v) is 11.1. The Morgan fingerprint density at radius 1 is 1.16 bits per heavy atom. The molecule has 1 fully saturated rings. The summed E-state index contributed by atoms with van der Waals surface area (Å²) in [6.45, 7) is 1.53. The highest BCUT2D eigenvalue weighted by molar-refractivity contribution is 6.15. The van der Waals surface area contributed by atoms with E-state index >= 15 is 0 Å². The number of methoxy groups -OCH3 is 1. The number of rotatable bonds is 6. The Balaban J connectivity index is 1.72. The molecule has 1 saturated heterocycles. The van der Waals surface area contributed by atoms with E-state index in [2.05, 4.69) is 15.3 Å². The van der Waals surface area contributed by atoms with Crippen molar-refractivity contribution in [1.82, 2.24) is 19.8 Å². The van der Waals surface area contributed by atoms with Gasteiger partial charge in [-0.15, -0.1) is 0 Å². The zero-order valence-corrected chi connectivity index (χ0v) is 20.3. The van der Waals surface area contributed by atoms with Gasteiger partial charge in [0.15, 0.2) is 17.5 Å². The summed E-state index contributed by atoms with van der Waals surface area (Å²) in [5, 5.41) is 2.56. The van der Waals surface area contributed by atoms with Crippen molar-refractivity contribution >= 4 is 17.9 Å². The Hall–Kier alpha value is -4.29. The molecular weight excluding hydrogens is 516 g/mol. The molecule has 1 unspecified atom stereocenters. The van der Waals surface area contributed by atoms with Gasteiger partial charge in [0, 0.05) is 6.20 Å². The molecular formula is C25H21F6N5O2. The predicted molar refractivity (Wildman–Crippen MR) is 126 cm³/mol. The highest BCUT2D eigenvalue weighted by atomic mass is 19.4. The van der Waals surface area contributed by atoms with Gasteiger partial charge in [-0.2, -0.15) is 13.2 Å². The number of aryl methyl sites for hydroxylation is 1. The third-order valence-corrected chi connectivity index (χ3v) is 5.71. The number of nitrogens with zero attached hydrogens (tertiary/aromatic N) is 4. The summed E-state index contributed by atoms with van der Waals surface area (Å²) in [6, 6.07) is 5.10. The van der Waals surface area contributed by atoms with Gasteiger partial charge in [-0.1, -0.05) is 6.07 Å². The van der Waals surface area contributed by atoms with Crippen LogP contribution in [0.1, 0.15) is 29.8 Å². The lowest BCUT2D eigenvalue weighted by molar-refractivity contribution is -0.124. The first kappa shape index (κ1) is 26.8. The molecule has 1 aliphatic rings. The van der Waals surface area contributed by atoms with E-state index in [9.17, 15) is 31.1 Å². The molecule has 3 aromatic rings. The number of hydrogen-bond donors (Lipinski definition) is 1. The Bertz CT molecular complexity index is 1420. The SMILES string of the molecule is COc1cc(C=C2NC(=NCC(F)(F)F)N(C(C)c3cc(F)c(F)c(F)c3)C2=O)ccc1-n1cnc(C)c1. The van der Waals surface area contributed by atoms with Crippen molar-refractivity contribution in [2.75, 3.05) is 13.7 Å². The number of amides is 1. The van der Waals surface area contributed by atoms with Gasteiger partial charge in [0.05, 0.1) is 30.9 Å². The molecule has 0 aliphatic carbocycles. The average Bonchev–Trinajstić information content (AvgIpc) is 3.42. The van der Waals surface area contributed by atoms with Gasteiger partial charge in [0.1, 0.15) is 18.0 Å². The van der Waals surface area contributed by atoms with Crippen LogP contribution in [0.15, 0.2) is 53.5 Å². The smallest absolute Gasteiger partial charge is 0.408 e. The molecule has 4 rings (SSSR count). The minimum absolute atomic E-state index is 0.144. The normalized spacial score (nSPS) is 16.9. The van der Waals surface area contributed by atoms with E-state index in [4.69, 9.17) is 4.74 Å². The lowest BCUT2D eigenvalue weighted by Crippen LogP contribution is -2.36. The number of guanidine groups is 1. The number of nitrogens with one attached hydrogen (secondary N) is 1. The Morgan fingerprint density at radius 2 is 1.84 bits per heavy atom. The van der Waals surface area contributed by atoms with Gasteiger partial charge < -0.3 is 14.6 Å². The molecule has 38 heavy (non-hydrogen) atoms. The zero-order chi connectivity index (χ0) is 27.8. The van der Waals surface area contributed by atoms with E-state index in [0.717, 1.165) is 10.6 Å². The number of hydrogen-bond acceptors (Lipinski definition) is 4. The molecule has 200 valence electrons. The van der Waals surface area contributed by atoms with E-state index in [1.807, 2.05) is 6.92 Å². The fourth-order valence-electron chi connectivity index (χ4n) is 3.88. The molecule has 0 radical (unpaired) electrons. The first-order chi connectivity index (χ1) is 17.9. The quantitative estimate of drug-likeness (QED) is 0.271. The molecule has 1 aromatic heterocycles. The van der Waals surface area contributed by atoms with E-state index in [1.165, 1.54) is 20.1 Å². The second-order valence-corrected chi connectivity index (χ2v) is 8.44. The first-order valence-electron chi connectivity index (χ1n) is 11.1. The number of imidazole rings is 1. The van der Waals surface area contributed by atoms with E-state index in [0.29, 0.717) is 29.1 Å². The lowest BCUT2D eigenvalue weighted by Gasteiger charge is -2.24. The summed E-state index contributed by atoms with van der Waals surface area (Å²) in [4.78, 5) is 21.7. The number of aromatic nitrogens is 2. The number of carbonyl (C=O) groups is 1. The Kier molecular flexibility index (Phi) is 7.20. The molecule has 0 saturated carbocycles. The average molecular weight is 537 g/mol. The number of aliphatic imine (C=N–C) groups is 1. The van der Waals surface area contributed by atoms with Crippen LogP contribution in [0.5, 0.6) is 5.75 Å². The van der Waals surface area contributed by atoms with Crippen molar-refractivity contribution < 1.29 is 35.9 Å². The maximum absolute atomic E-state index is 13.8. The van der Waals surface area contributed by atoms with Crippen LogP contribution < -0.4 is 10.1 Å². The third-order valence-electron chi connectivity index (χ3n) is 5.71. The van der Waals surface area contributed by atoms with Crippen LogP contribution in [0.4, 0.5) is 26.3 Å². The summed E-state index contributed by atoms with van der Waals surface area (Å²) < 4.78 is 87.0. The summed E-state index contributed by atoms with van der Waals surface area (Å²) in [5.41, 5.74) is 1.57. The van der Waals surface area contributed by atoms with Gasteiger partial charge in [-0.25, -0.2) is 23.1 Å². The van der Waals surface area contributed by atoms with E-state index in [-0.39, 0.29) is 11.3 Å². The van der Waals surface area contributed by atoms with Gasteiger partial charge in [-0.3, -0.25) is 9.69 Å². The summed E-state index contributed by atoms with van der Waals surface area (Å²) in [5.74, 6) is -5.57. The number of benzene rings is 2. The fourth-order valence-corrected chi connectivity index (χ4v) is 3.88. The zero-order valence-electron chi connectivity index (χ0n) is 20.3. The van der Waals surface area contributed by atoms with Crippen LogP contribution in [0, 0.1) is 24.4 Å². The maximum Gasteiger partial charge on any atom is 0.408 e. The van der Waals surface area contributed by atoms with Crippen molar-refractivity contribution in [3.8, 4) is 11.4 Å². The summed E-state index contributed by atoms with van der Waals surface area (Å²) in [6.07, 6.45) is 0.0660. The molecule has 0 spiro atoms. The Labute approximate surface area is 213 Å². The fraction of sp³-hybridized carbons (Fsp3) is 0.240. The number of halogens is 6. The number of ether oxygens (including phenoxy) is 1. The summed E-state index contributed by atoms with van der Waals surface area (Å²) >= 11 is 0. The standard InChI is InChI=1S/C25H21F6N5O2/c1-13-10-35(12-33-13)20-5-4-15(7-21(20)38-3)6-19-23(37)36(24(34-19)32-11-25(29,30)31)14(2)16-8-17(26)22(28)18(27)9-16/h4-10,12,14H,11H2,1-3H3,(H,32,34). The maximum atomic E-state index is 13.8. The van der Waals surface area contributed by atoms with Crippen molar-refractivity contribution in [2.24, 2.45) is 4.99 Å². The van der Waals surface area contributed by atoms with E-state index < -0.39 is 48.1 Å². The van der Waals surface area contributed by atoms with Gasteiger partial charge in [-0.05, 0) is 55.3 Å². The largest absolute Gasteiger partial charge is 0.495 e. The van der Waals surface area contributed by atoms with Crippen LogP contribution in [-0.4, -0.2) is 46.1 Å². The third kappa shape index (κ3) is 5.50. The molecule has 1 N–H and O–H groups in total. The molecule has 7 nitrogen and oxygen atoms in total. The van der Waals surface area contributed by atoms with Crippen LogP contribution in [0.25, 0.3) is 11.8 Å².